The summed E-state index contributed by atoms with van der Waals surface area (Å²) in [6.45, 7) is 2.68. The van der Waals surface area contributed by atoms with Gasteiger partial charge in [0.1, 0.15) is 11.8 Å². The lowest BCUT2D eigenvalue weighted by molar-refractivity contribution is 0.508. The molecular formula is C14H14F2N4. The molecule has 0 saturated heterocycles. The van der Waals surface area contributed by atoms with Gasteiger partial charge >= 0.3 is 0 Å². The van der Waals surface area contributed by atoms with Crippen LogP contribution >= 0.6 is 0 Å². The summed E-state index contributed by atoms with van der Waals surface area (Å²) < 4.78 is 27.9. The molecule has 0 fully saturated rings. The number of hydrogen-bond donors (Lipinski definition) is 0. The quantitative estimate of drug-likeness (QED) is 0.787. The van der Waals surface area contributed by atoms with Gasteiger partial charge in [0.15, 0.2) is 17.3 Å². The van der Waals surface area contributed by atoms with Gasteiger partial charge in [0.25, 0.3) is 0 Å². The van der Waals surface area contributed by atoms with Crippen LogP contribution in [0.3, 0.4) is 0 Å². The Balaban J connectivity index is 2.40. The van der Waals surface area contributed by atoms with Crippen molar-refractivity contribution in [3.05, 3.63) is 35.5 Å². The van der Waals surface area contributed by atoms with E-state index in [0.717, 1.165) is 31.4 Å². The van der Waals surface area contributed by atoms with Crippen molar-refractivity contribution in [2.24, 2.45) is 0 Å². The molecular weight excluding hydrogens is 262 g/mol. The van der Waals surface area contributed by atoms with Gasteiger partial charge in [-0.3, -0.25) is 0 Å². The number of aryl methyl sites for hydroxylation is 1. The number of hydrogen-bond acceptors (Lipinski definition) is 3. The van der Waals surface area contributed by atoms with Crippen molar-refractivity contribution in [2.45, 2.75) is 32.7 Å². The average molecular weight is 276 g/mol. The van der Waals surface area contributed by atoms with Crippen LogP contribution in [0.2, 0.25) is 0 Å². The summed E-state index contributed by atoms with van der Waals surface area (Å²) in [5, 5.41) is 16.7. The number of aromatic nitrogens is 3. The fourth-order valence-electron chi connectivity index (χ4n) is 1.99. The highest BCUT2D eigenvalue weighted by Gasteiger charge is 2.16. The van der Waals surface area contributed by atoms with E-state index >= 15 is 0 Å². The molecule has 1 aromatic heterocycles. The van der Waals surface area contributed by atoms with E-state index < -0.39 is 11.6 Å². The van der Waals surface area contributed by atoms with Crippen molar-refractivity contribution in [3.8, 4) is 17.3 Å². The maximum absolute atomic E-state index is 13.3. The SMILES string of the molecule is CCCCCn1nnc(C#N)c1-c1ccc(F)c(F)c1. The van der Waals surface area contributed by atoms with E-state index in [1.807, 2.05) is 6.07 Å². The van der Waals surface area contributed by atoms with Gasteiger partial charge in [-0.1, -0.05) is 25.0 Å². The van der Waals surface area contributed by atoms with E-state index in [2.05, 4.69) is 17.2 Å². The average Bonchev–Trinajstić information content (AvgIpc) is 2.85. The molecule has 0 amide bonds. The highest BCUT2D eigenvalue weighted by Crippen LogP contribution is 2.24. The smallest absolute Gasteiger partial charge is 0.190 e. The second kappa shape index (κ2) is 6.24. The number of nitriles is 1. The van der Waals surface area contributed by atoms with Crippen LogP contribution in [0.1, 0.15) is 31.9 Å². The van der Waals surface area contributed by atoms with Crippen LogP contribution in [0.25, 0.3) is 11.3 Å². The number of unbranched alkanes of at least 4 members (excludes halogenated alkanes) is 2. The Hall–Kier alpha value is -2.29. The first-order chi connectivity index (χ1) is 9.67. The van der Waals surface area contributed by atoms with Crippen molar-refractivity contribution < 1.29 is 8.78 Å². The van der Waals surface area contributed by atoms with Gasteiger partial charge in [0.05, 0.1) is 0 Å². The third-order valence-corrected chi connectivity index (χ3v) is 3.01. The molecule has 0 radical (unpaired) electrons. The summed E-state index contributed by atoms with van der Waals surface area (Å²) >= 11 is 0. The van der Waals surface area contributed by atoms with E-state index in [-0.39, 0.29) is 5.69 Å². The normalized spacial score (nSPS) is 10.5. The molecule has 0 spiro atoms. The third kappa shape index (κ3) is 2.82. The lowest BCUT2D eigenvalue weighted by atomic mass is 10.1. The molecule has 0 atom stereocenters. The van der Waals surface area contributed by atoms with Gasteiger partial charge in [-0.2, -0.15) is 5.26 Å². The maximum atomic E-state index is 13.3. The lowest BCUT2D eigenvalue weighted by Crippen LogP contribution is -2.03. The van der Waals surface area contributed by atoms with Crippen molar-refractivity contribution in [1.82, 2.24) is 15.0 Å². The molecule has 0 N–H and O–H groups in total. The van der Waals surface area contributed by atoms with Crippen LogP contribution < -0.4 is 0 Å². The molecule has 2 rings (SSSR count). The lowest BCUT2D eigenvalue weighted by Gasteiger charge is -2.06. The number of halogens is 2. The minimum atomic E-state index is -0.951. The van der Waals surface area contributed by atoms with E-state index in [9.17, 15) is 8.78 Å². The summed E-state index contributed by atoms with van der Waals surface area (Å²) in [5.74, 6) is -1.87. The fraction of sp³-hybridized carbons (Fsp3) is 0.357. The molecule has 104 valence electrons. The van der Waals surface area contributed by atoms with Crippen LogP contribution in [0.15, 0.2) is 18.2 Å². The molecule has 1 heterocycles. The highest BCUT2D eigenvalue weighted by molar-refractivity contribution is 5.64. The molecule has 1 aromatic carbocycles. The fourth-order valence-corrected chi connectivity index (χ4v) is 1.99. The Morgan fingerprint density at radius 2 is 2.05 bits per heavy atom. The second-order valence-corrected chi connectivity index (χ2v) is 4.46. The molecule has 0 aliphatic rings. The zero-order valence-corrected chi connectivity index (χ0v) is 11.1. The zero-order chi connectivity index (χ0) is 14.5. The number of benzene rings is 1. The standard InChI is InChI=1S/C14H14F2N4/c1-2-3-4-7-20-14(13(9-17)18-19-20)10-5-6-11(15)12(16)8-10/h5-6,8H,2-4,7H2,1H3. The predicted molar refractivity (Wildman–Crippen MR) is 69.6 cm³/mol. The second-order valence-electron chi connectivity index (χ2n) is 4.46. The first-order valence-electron chi connectivity index (χ1n) is 6.46. The maximum Gasteiger partial charge on any atom is 0.190 e. The van der Waals surface area contributed by atoms with Gasteiger partial charge in [-0.15, -0.1) is 5.10 Å². The van der Waals surface area contributed by atoms with Crippen LogP contribution in [-0.2, 0) is 6.54 Å². The predicted octanol–water partition coefficient (Wildman–Crippen LogP) is 3.29. The molecule has 2 aromatic rings. The highest BCUT2D eigenvalue weighted by atomic mass is 19.2. The molecule has 6 heteroatoms. The van der Waals surface area contributed by atoms with E-state index in [1.54, 1.807) is 4.68 Å². The minimum absolute atomic E-state index is 0.118. The summed E-state index contributed by atoms with van der Waals surface area (Å²) in [5.41, 5.74) is 0.956. The van der Waals surface area contributed by atoms with Crippen LogP contribution in [0.4, 0.5) is 8.78 Å². The van der Waals surface area contributed by atoms with E-state index in [1.165, 1.54) is 6.07 Å². The van der Waals surface area contributed by atoms with Crippen molar-refractivity contribution in [1.29, 1.82) is 5.26 Å². The molecule has 0 saturated carbocycles. The summed E-state index contributed by atoms with van der Waals surface area (Å²) in [7, 11) is 0. The Kier molecular flexibility index (Phi) is 4.41. The van der Waals surface area contributed by atoms with Gasteiger partial charge < -0.3 is 0 Å². The molecule has 20 heavy (non-hydrogen) atoms. The van der Waals surface area contributed by atoms with Gasteiger partial charge in [-0.05, 0) is 24.6 Å². The number of nitrogens with zero attached hydrogens (tertiary/aromatic N) is 4. The number of rotatable bonds is 5. The summed E-state index contributed by atoms with van der Waals surface area (Å²) in [6.07, 6.45) is 2.97. The van der Waals surface area contributed by atoms with Gasteiger partial charge in [0.2, 0.25) is 0 Å². The molecule has 0 bridgehead atoms. The van der Waals surface area contributed by atoms with Gasteiger partial charge in [-0.25, -0.2) is 13.5 Å². The first kappa shape index (κ1) is 14.1. The van der Waals surface area contributed by atoms with E-state index in [4.69, 9.17) is 5.26 Å². The minimum Gasteiger partial charge on any atom is -0.243 e. The third-order valence-electron chi connectivity index (χ3n) is 3.01. The molecule has 0 aliphatic carbocycles. The largest absolute Gasteiger partial charge is 0.243 e. The first-order valence-corrected chi connectivity index (χ1v) is 6.46. The van der Waals surface area contributed by atoms with Crippen LogP contribution in [-0.4, -0.2) is 15.0 Å². The Labute approximate surface area is 115 Å². The molecule has 4 nitrogen and oxygen atoms in total. The monoisotopic (exact) mass is 276 g/mol. The molecule has 0 unspecified atom stereocenters. The topological polar surface area (TPSA) is 54.5 Å². The Morgan fingerprint density at radius 3 is 2.70 bits per heavy atom. The van der Waals surface area contributed by atoms with Gasteiger partial charge in [0, 0.05) is 12.1 Å². The van der Waals surface area contributed by atoms with Crippen LogP contribution in [0, 0.1) is 23.0 Å². The van der Waals surface area contributed by atoms with Crippen molar-refractivity contribution in [3.63, 3.8) is 0 Å². The Bertz CT molecular complexity index is 643. The van der Waals surface area contributed by atoms with E-state index in [0.29, 0.717) is 17.8 Å². The van der Waals surface area contributed by atoms with Crippen LogP contribution in [0.5, 0.6) is 0 Å². The summed E-state index contributed by atoms with van der Waals surface area (Å²) in [6, 6.07) is 5.45. The van der Waals surface area contributed by atoms with Crippen molar-refractivity contribution >= 4 is 0 Å². The summed E-state index contributed by atoms with van der Waals surface area (Å²) in [4.78, 5) is 0. The molecule has 0 aliphatic heterocycles. The zero-order valence-electron chi connectivity index (χ0n) is 11.1. The Morgan fingerprint density at radius 1 is 1.25 bits per heavy atom. The van der Waals surface area contributed by atoms with Crippen molar-refractivity contribution in [2.75, 3.05) is 0 Å².